The zero-order valence-corrected chi connectivity index (χ0v) is 30.2. The lowest BCUT2D eigenvalue weighted by Crippen LogP contribution is -2.31. The van der Waals surface area contributed by atoms with Crippen LogP contribution in [0.25, 0.3) is 33.4 Å². The maximum atomic E-state index is 12.2. The molecule has 0 aromatic heterocycles. The van der Waals surface area contributed by atoms with E-state index in [-0.39, 0.29) is 38.6 Å². The van der Waals surface area contributed by atoms with Crippen molar-refractivity contribution in [2.45, 2.75) is 53.4 Å². The fraction of sp³-hybridized carbons (Fsp3) is 0.349. The maximum absolute atomic E-state index is 12.2. The Morgan fingerprint density at radius 1 is 0.706 bits per heavy atom. The second kappa shape index (κ2) is 18.9. The van der Waals surface area contributed by atoms with Crippen molar-refractivity contribution in [3.63, 3.8) is 0 Å². The van der Waals surface area contributed by atoms with Gasteiger partial charge in [-0.25, -0.2) is 4.79 Å². The van der Waals surface area contributed by atoms with Gasteiger partial charge in [-0.05, 0) is 84.2 Å². The Morgan fingerprint density at radius 3 is 1.78 bits per heavy atom. The third kappa shape index (κ3) is 11.0. The monoisotopic (exact) mass is 694 g/mol. The van der Waals surface area contributed by atoms with Crippen molar-refractivity contribution in [1.82, 2.24) is 0 Å². The van der Waals surface area contributed by atoms with E-state index in [1.165, 1.54) is 36.0 Å². The summed E-state index contributed by atoms with van der Waals surface area (Å²) >= 11 is 0. The Bertz CT molecular complexity index is 1740. The number of rotatable bonds is 19. The fourth-order valence-electron chi connectivity index (χ4n) is 5.34. The number of aryl methyl sites for hydroxylation is 1. The van der Waals surface area contributed by atoms with E-state index in [4.69, 9.17) is 24.1 Å². The van der Waals surface area contributed by atoms with E-state index in [0.29, 0.717) is 11.5 Å². The molecule has 8 heteroatoms. The Morgan fingerprint density at radius 2 is 1.24 bits per heavy atom. The molecule has 4 aromatic rings. The van der Waals surface area contributed by atoms with E-state index < -0.39 is 24.0 Å². The van der Waals surface area contributed by atoms with Crippen LogP contribution >= 0.6 is 0 Å². The third-order valence-corrected chi connectivity index (χ3v) is 8.69. The highest BCUT2D eigenvalue weighted by Crippen LogP contribution is 2.36. The SMILES string of the molecule is C=C(CO)C(=O)OCCOc1cc(OCCOC(=O)C(C)(C)CO)cc(-c2ccc(-c3ccc(-c4ccc(CCCCC)cc4)cc3)cc2)c1C. The van der Waals surface area contributed by atoms with Crippen LogP contribution in [0.5, 0.6) is 11.5 Å². The molecule has 0 unspecified atom stereocenters. The zero-order chi connectivity index (χ0) is 36.8. The minimum atomic E-state index is -1.00. The molecule has 0 saturated heterocycles. The number of carbonyl (C=O) groups is 2. The first-order valence-electron chi connectivity index (χ1n) is 17.5. The molecule has 4 aromatic carbocycles. The quantitative estimate of drug-likeness (QED) is 0.0575. The van der Waals surface area contributed by atoms with E-state index in [2.05, 4.69) is 86.3 Å². The average Bonchev–Trinajstić information content (AvgIpc) is 3.16. The van der Waals surface area contributed by atoms with Crippen LogP contribution in [0.3, 0.4) is 0 Å². The lowest BCUT2D eigenvalue weighted by Gasteiger charge is -2.20. The second-order valence-corrected chi connectivity index (χ2v) is 13.2. The summed E-state index contributed by atoms with van der Waals surface area (Å²) in [4.78, 5) is 24.1. The van der Waals surface area contributed by atoms with E-state index >= 15 is 0 Å². The van der Waals surface area contributed by atoms with Crippen molar-refractivity contribution in [1.29, 1.82) is 0 Å². The van der Waals surface area contributed by atoms with Gasteiger partial charge in [-0.3, -0.25) is 4.79 Å². The summed E-state index contributed by atoms with van der Waals surface area (Å²) in [6.07, 6.45) is 4.83. The van der Waals surface area contributed by atoms with Crippen molar-refractivity contribution < 1.29 is 38.7 Å². The molecular formula is C43H50O8. The first-order valence-corrected chi connectivity index (χ1v) is 17.5. The number of hydrogen-bond donors (Lipinski definition) is 2. The van der Waals surface area contributed by atoms with Crippen LogP contribution in [0.4, 0.5) is 0 Å². The smallest absolute Gasteiger partial charge is 0.335 e. The Kier molecular flexibility index (Phi) is 14.4. The Balaban J connectivity index is 1.49. The summed E-state index contributed by atoms with van der Waals surface area (Å²) in [5, 5.41) is 18.5. The highest BCUT2D eigenvalue weighted by Gasteiger charge is 2.28. The molecule has 4 rings (SSSR count). The molecular weight excluding hydrogens is 644 g/mol. The van der Waals surface area contributed by atoms with Gasteiger partial charge in [0.1, 0.15) is 37.9 Å². The number of ether oxygens (including phenoxy) is 4. The lowest BCUT2D eigenvalue weighted by atomic mass is 9.95. The van der Waals surface area contributed by atoms with Gasteiger partial charge in [-0.15, -0.1) is 0 Å². The number of esters is 2. The molecule has 0 aliphatic heterocycles. The van der Waals surface area contributed by atoms with Crippen LogP contribution in [0.1, 0.15) is 51.2 Å². The summed E-state index contributed by atoms with van der Waals surface area (Å²) in [6, 6.07) is 29.4. The molecule has 0 aliphatic rings. The normalized spacial score (nSPS) is 11.2. The molecule has 0 bridgehead atoms. The molecule has 8 nitrogen and oxygen atoms in total. The van der Waals surface area contributed by atoms with Gasteiger partial charge in [-0.1, -0.05) is 99.1 Å². The van der Waals surface area contributed by atoms with Crippen molar-refractivity contribution in [3.05, 3.63) is 108 Å². The maximum Gasteiger partial charge on any atom is 0.335 e. The summed E-state index contributed by atoms with van der Waals surface area (Å²) in [6.45, 7) is 10.2. The fourth-order valence-corrected chi connectivity index (χ4v) is 5.34. The molecule has 0 spiro atoms. The van der Waals surface area contributed by atoms with Gasteiger partial charge >= 0.3 is 11.9 Å². The molecule has 0 amide bonds. The molecule has 0 saturated carbocycles. The van der Waals surface area contributed by atoms with Crippen LogP contribution in [-0.2, 0) is 25.5 Å². The number of carbonyl (C=O) groups excluding carboxylic acids is 2. The van der Waals surface area contributed by atoms with Crippen molar-refractivity contribution >= 4 is 11.9 Å². The Hall–Kier alpha value is -4.92. The Labute approximate surface area is 301 Å². The molecule has 0 atom stereocenters. The number of benzene rings is 4. The van der Waals surface area contributed by atoms with Gasteiger partial charge < -0.3 is 29.2 Å². The lowest BCUT2D eigenvalue weighted by molar-refractivity contribution is -0.156. The molecule has 270 valence electrons. The number of aliphatic hydroxyl groups excluding tert-OH is 2. The van der Waals surface area contributed by atoms with Gasteiger partial charge in [0.2, 0.25) is 0 Å². The molecule has 2 N–H and O–H groups in total. The zero-order valence-electron chi connectivity index (χ0n) is 30.2. The summed E-state index contributed by atoms with van der Waals surface area (Å²) in [5.41, 5.74) is 7.60. The predicted molar refractivity (Wildman–Crippen MR) is 201 cm³/mol. The van der Waals surface area contributed by atoms with Crippen LogP contribution in [-0.4, -0.2) is 61.8 Å². The first kappa shape index (κ1) is 38.9. The second-order valence-electron chi connectivity index (χ2n) is 13.2. The average molecular weight is 695 g/mol. The molecule has 51 heavy (non-hydrogen) atoms. The summed E-state index contributed by atoms with van der Waals surface area (Å²) < 4.78 is 22.4. The minimum absolute atomic E-state index is 0.00417. The molecule has 0 radical (unpaired) electrons. The molecule has 0 heterocycles. The highest BCUT2D eigenvalue weighted by molar-refractivity contribution is 5.87. The van der Waals surface area contributed by atoms with Crippen LogP contribution < -0.4 is 9.47 Å². The van der Waals surface area contributed by atoms with E-state index in [1.54, 1.807) is 19.9 Å². The van der Waals surface area contributed by atoms with Crippen LogP contribution in [0, 0.1) is 12.3 Å². The van der Waals surface area contributed by atoms with E-state index in [9.17, 15) is 14.7 Å². The van der Waals surface area contributed by atoms with Crippen molar-refractivity contribution in [2.24, 2.45) is 5.41 Å². The van der Waals surface area contributed by atoms with Crippen LogP contribution in [0.15, 0.2) is 97.1 Å². The predicted octanol–water partition coefficient (Wildman–Crippen LogP) is 8.14. The largest absolute Gasteiger partial charge is 0.490 e. The number of aliphatic hydroxyl groups is 2. The van der Waals surface area contributed by atoms with Crippen LogP contribution in [0.2, 0.25) is 0 Å². The topological polar surface area (TPSA) is 112 Å². The van der Waals surface area contributed by atoms with Crippen molar-refractivity contribution in [2.75, 3.05) is 39.6 Å². The highest BCUT2D eigenvalue weighted by atomic mass is 16.6. The minimum Gasteiger partial charge on any atom is -0.490 e. The van der Waals surface area contributed by atoms with Gasteiger partial charge in [-0.2, -0.15) is 0 Å². The summed E-state index contributed by atoms with van der Waals surface area (Å²) in [5.74, 6) is -0.160. The van der Waals surface area contributed by atoms with Crippen molar-refractivity contribution in [3.8, 4) is 44.9 Å². The van der Waals surface area contributed by atoms with Gasteiger partial charge in [0.05, 0.1) is 24.2 Å². The first-order chi connectivity index (χ1) is 24.6. The summed E-state index contributed by atoms with van der Waals surface area (Å²) in [7, 11) is 0. The molecule has 0 fully saturated rings. The standard InChI is InChI=1S/C43H50O8/c1-6-7-8-9-32-10-12-33(13-11-32)34-14-16-35(17-15-34)36-18-20-37(21-19-36)39-26-38(48-22-25-51-42(47)43(4,5)29-45)27-40(31(39)3)49-23-24-50-41(46)30(2)28-44/h10-21,26-27,44-45H,2,6-9,22-25,28-29H2,1,3-5H3. The van der Waals surface area contributed by atoms with Gasteiger partial charge in [0.15, 0.2) is 0 Å². The number of unbranched alkanes of at least 4 members (excludes halogenated alkanes) is 2. The van der Waals surface area contributed by atoms with E-state index in [1.807, 2.05) is 13.0 Å². The van der Waals surface area contributed by atoms with E-state index in [0.717, 1.165) is 34.2 Å². The molecule has 0 aliphatic carbocycles. The third-order valence-electron chi connectivity index (χ3n) is 8.69. The van der Waals surface area contributed by atoms with Gasteiger partial charge in [0, 0.05) is 6.07 Å². The van der Waals surface area contributed by atoms with Gasteiger partial charge in [0.25, 0.3) is 0 Å². The number of hydrogen-bond acceptors (Lipinski definition) is 8.